The molecule has 0 saturated carbocycles. The van der Waals surface area contributed by atoms with Crippen LogP contribution in [0.5, 0.6) is 0 Å². The lowest BCUT2D eigenvalue weighted by molar-refractivity contribution is 0.329. The fourth-order valence-electron chi connectivity index (χ4n) is 0.329. The van der Waals surface area contributed by atoms with Gasteiger partial charge < -0.3 is 5.11 Å². The third-order valence-electron chi connectivity index (χ3n) is 0.764. The molecule has 0 aromatic heterocycles. The van der Waals surface area contributed by atoms with Gasteiger partial charge in [-0.3, -0.25) is 0 Å². The van der Waals surface area contributed by atoms with Crippen molar-refractivity contribution in [3.05, 3.63) is 22.3 Å². The van der Waals surface area contributed by atoms with Gasteiger partial charge in [0.05, 0.1) is 6.61 Å². The van der Waals surface area contributed by atoms with Gasteiger partial charge in [0.1, 0.15) is 0 Å². The van der Waals surface area contributed by atoms with Crippen molar-refractivity contribution in [2.75, 3.05) is 6.61 Å². The molecule has 0 spiro atoms. The summed E-state index contributed by atoms with van der Waals surface area (Å²) in [6.45, 7) is 3.69. The van der Waals surface area contributed by atoms with Gasteiger partial charge in [-0.2, -0.15) is 0 Å². The van der Waals surface area contributed by atoms with Gasteiger partial charge in [-0.25, -0.2) is 0 Å². The smallest absolute Gasteiger partial charge is 0.0652 e. The number of aliphatic hydroxyl groups is 1. The molecule has 0 fully saturated rings. The van der Waals surface area contributed by atoms with Gasteiger partial charge in [0.25, 0.3) is 0 Å². The Labute approximate surface area is 63.2 Å². The van der Waals surface area contributed by atoms with E-state index in [4.69, 9.17) is 5.11 Å². The molecule has 0 rings (SSSR count). The summed E-state index contributed by atoms with van der Waals surface area (Å²) in [6.07, 6.45) is 2.57. The second-order valence-electron chi connectivity index (χ2n) is 1.42. The molecular weight excluding hydrogens is 215 g/mol. The first kappa shape index (κ1) is 8.17. The molecule has 1 nitrogen and oxygen atoms in total. The van der Waals surface area contributed by atoms with Crippen molar-refractivity contribution in [3.8, 4) is 0 Å². The standard InChI is InChI=1S/C6H9IO/c1-2-3-6(4-7)5-8/h2,4,8H,1,3,5H2/b6-4-. The zero-order valence-corrected chi connectivity index (χ0v) is 6.76. The molecule has 0 bridgehead atoms. The Hall–Kier alpha value is 0.170. The van der Waals surface area contributed by atoms with Gasteiger partial charge in [-0.15, -0.1) is 6.58 Å². The monoisotopic (exact) mass is 224 g/mol. The molecule has 0 aromatic carbocycles. The lowest BCUT2D eigenvalue weighted by Gasteiger charge is -1.93. The summed E-state index contributed by atoms with van der Waals surface area (Å²) in [7, 11) is 0. The van der Waals surface area contributed by atoms with E-state index in [-0.39, 0.29) is 6.61 Å². The summed E-state index contributed by atoms with van der Waals surface area (Å²) in [5.41, 5.74) is 1.01. The Morgan fingerprint density at radius 3 is 2.50 bits per heavy atom. The predicted octanol–water partition coefficient (Wildman–Crippen LogP) is 1.87. The largest absolute Gasteiger partial charge is 0.392 e. The highest BCUT2D eigenvalue weighted by atomic mass is 127. The van der Waals surface area contributed by atoms with E-state index >= 15 is 0 Å². The van der Waals surface area contributed by atoms with Crippen LogP contribution >= 0.6 is 22.6 Å². The van der Waals surface area contributed by atoms with Gasteiger partial charge in [0, 0.05) is 0 Å². The third kappa shape index (κ3) is 3.21. The molecule has 46 valence electrons. The Kier molecular flexibility index (Phi) is 5.42. The molecule has 8 heavy (non-hydrogen) atoms. The van der Waals surface area contributed by atoms with Crippen LogP contribution in [0.3, 0.4) is 0 Å². The zero-order valence-electron chi connectivity index (χ0n) is 4.60. The van der Waals surface area contributed by atoms with Crippen molar-refractivity contribution in [2.45, 2.75) is 6.42 Å². The molecule has 0 aliphatic carbocycles. The number of rotatable bonds is 3. The molecule has 1 N–H and O–H groups in total. The van der Waals surface area contributed by atoms with E-state index in [9.17, 15) is 0 Å². The van der Waals surface area contributed by atoms with Crippen LogP contribution in [0.25, 0.3) is 0 Å². The number of aliphatic hydroxyl groups excluding tert-OH is 1. The van der Waals surface area contributed by atoms with Gasteiger partial charge in [-0.05, 0) is 16.1 Å². The Morgan fingerprint density at radius 1 is 1.75 bits per heavy atom. The third-order valence-corrected chi connectivity index (χ3v) is 1.64. The Morgan fingerprint density at radius 2 is 2.38 bits per heavy atom. The average Bonchev–Trinajstić information content (AvgIpc) is 1.83. The molecular formula is C6H9IO. The molecule has 0 saturated heterocycles. The summed E-state index contributed by atoms with van der Waals surface area (Å²) in [4.78, 5) is 0. The number of allylic oxidation sites excluding steroid dienone is 1. The first-order chi connectivity index (χ1) is 3.85. The molecule has 0 atom stereocenters. The van der Waals surface area contributed by atoms with Crippen LogP contribution in [0.15, 0.2) is 22.3 Å². The Balaban J connectivity index is 3.53. The van der Waals surface area contributed by atoms with E-state index < -0.39 is 0 Å². The van der Waals surface area contributed by atoms with Crippen molar-refractivity contribution in [1.29, 1.82) is 0 Å². The molecule has 0 radical (unpaired) electrons. The van der Waals surface area contributed by atoms with E-state index in [1.807, 2.05) is 4.08 Å². The lowest BCUT2D eigenvalue weighted by atomic mass is 10.2. The summed E-state index contributed by atoms with van der Waals surface area (Å²) in [5, 5.41) is 8.54. The second-order valence-corrected chi connectivity index (χ2v) is 2.04. The first-order valence-electron chi connectivity index (χ1n) is 2.35. The van der Waals surface area contributed by atoms with E-state index in [1.165, 1.54) is 0 Å². The van der Waals surface area contributed by atoms with Crippen LogP contribution in [0.1, 0.15) is 6.42 Å². The predicted molar refractivity (Wildman–Crippen MR) is 44.0 cm³/mol. The van der Waals surface area contributed by atoms with Crippen LogP contribution in [0.4, 0.5) is 0 Å². The first-order valence-corrected chi connectivity index (χ1v) is 3.59. The zero-order chi connectivity index (χ0) is 6.41. The van der Waals surface area contributed by atoms with Crippen LogP contribution in [0.2, 0.25) is 0 Å². The van der Waals surface area contributed by atoms with E-state index in [2.05, 4.69) is 29.2 Å². The van der Waals surface area contributed by atoms with Gasteiger partial charge in [0.2, 0.25) is 0 Å². The van der Waals surface area contributed by atoms with Gasteiger partial charge in [-0.1, -0.05) is 28.7 Å². The number of hydrogen-bond acceptors (Lipinski definition) is 1. The minimum atomic E-state index is 0.148. The molecule has 0 unspecified atom stereocenters. The minimum Gasteiger partial charge on any atom is -0.392 e. The van der Waals surface area contributed by atoms with E-state index in [1.54, 1.807) is 6.08 Å². The van der Waals surface area contributed by atoms with Crippen molar-refractivity contribution in [1.82, 2.24) is 0 Å². The summed E-state index contributed by atoms with van der Waals surface area (Å²) >= 11 is 2.10. The summed E-state index contributed by atoms with van der Waals surface area (Å²) < 4.78 is 1.87. The lowest BCUT2D eigenvalue weighted by Crippen LogP contribution is -1.85. The molecule has 0 amide bonds. The van der Waals surface area contributed by atoms with Crippen molar-refractivity contribution >= 4 is 22.6 Å². The van der Waals surface area contributed by atoms with E-state index in [0.717, 1.165) is 12.0 Å². The highest BCUT2D eigenvalue weighted by molar-refractivity contribution is 14.1. The van der Waals surface area contributed by atoms with Gasteiger partial charge in [0.15, 0.2) is 0 Å². The summed E-state index contributed by atoms with van der Waals surface area (Å²) in [5.74, 6) is 0. The minimum absolute atomic E-state index is 0.148. The quantitative estimate of drug-likeness (QED) is 0.573. The highest BCUT2D eigenvalue weighted by Gasteiger charge is 1.86. The van der Waals surface area contributed by atoms with Crippen LogP contribution < -0.4 is 0 Å². The van der Waals surface area contributed by atoms with Crippen LogP contribution in [-0.4, -0.2) is 11.7 Å². The normalized spacial score (nSPS) is 11.5. The fourth-order valence-corrected chi connectivity index (χ4v) is 0.780. The number of hydrogen-bond donors (Lipinski definition) is 1. The van der Waals surface area contributed by atoms with Crippen molar-refractivity contribution in [2.24, 2.45) is 0 Å². The Bertz CT molecular complexity index is 96.7. The van der Waals surface area contributed by atoms with Crippen LogP contribution in [-0.2, 0) is 0 Å². The topological polar surface area (TPSA) is 20.2 Å². The van der Waals surface area contributed by atoms with Crippen molar-refractivity contribution < 1.29 is 5.11 Å². The van der Waals surface area contributed by atoms with Crippen molar-refractivity contribution in [3.63, 3.8) is 0 Å². The summed E-state index contributed by atoms with van der Waals surface area (Å²) in [6, 6.07) is 0. The number of halogens is 1. The highest BCUT2D eigenvalue weighted by Crippen LogP contribution is 2.02. The SMILES string of the molecule is C=CC/C(=C/I)CO. The van der Waals surface area contributed by atoms with Crippen LogP contribution in [0, 0.1) is 0 Å². The fraction of sp³-hybridized carbons (Fsp3) is 0.333. The molecule has 2 heteroatoms. The van der Waals surface area contributed by atoms with E-state index in [0.29, 0.717) is 0 Å². The molecule has 0 aliphatic rings. The average molecular weight is 224 g/mol. The van der Waals surface area contributed by atoms with Gasteiger partial charge >= 0.3 is 0 Å². The second kappa shape index (κ2) is 5.31. The maximum atomic E-state index is 8.54. The molecule has 0 heterocycles. The maximum absolute atomic E-state index is 8.54. The molecule has 0 aliphatic heterocycles. The molecule has 0 aromatic rings. The maximum Gasteiger partial charge on any atom is 0.0652 e.